The maximum Gasteiger partial charge on any atom is 0.157 e. The second-order valence-electron chi connectivity index (χ2n) is 5.29. The number of nitrogens with zero attached hydrogens (tertiary/aromatic N) is 1. The lowest BCUT2D eigenvalue weighted by atomic mass is 10.1. The van der Waals surface area contributed by atoms with Gasteiger partial charge >= 0.3 is 0 Å². The van der Waals surface area contributed by atoms with Crippen molar-refractivity contribution in [3.63, 3.8) is 0 Å². The van der Waals surface area contributed by atoms with Gasteiger partial charge in [0.25, 0.3) is 0 Å². The molecule has 0 spiro atoms. The van der Waals surface area contributed by atoms with Crippen LogP contribution in [0.2, 0.25) is 0 Å². The molecule has 1 aromatic carbocycles. The minimum Gasteiger partial charge on any atom is -0.358 e. The summed E-state index contributed by atoms with van der Waals surface area (Å²) in [7, 11) is 0. The van der Waals surface area contributed by atoms with Crippen molar-refractivity contribution in [1.29, 1.82) is 0 Å². The van der Waals surface area contributed by atoms with Gasteiger partial charge in [-0.3, -0.25) is 4.99 Å². The molecule has 3 heteroatoms. The first-order valence-electron chi connectivity index (χ1n) is 6.67. The van der Waals surface area contributed by atoms with Crippen molar-refractivity contribution in [3.8, 4) is 0 Å². The van der Waals surface area contributed by atoms with E-state index in [1.54, 1.807) is 0 Å². The van der Waals surface area contributed by atoms with Crippen LogP contribution >= 0.6 is 11.8 Å². The smallest absolute Gasteiger partial charge is 0.157 e. The van der Waals surface area contributed by atoms with Crippen LogP contribution in [0.25, 0.3) is 0 Å². The molecule has 2 atom stereocenters. The molecule has 0 saturated heterocycles. The molecular formula is C15H22N2S. The van der Waals surface area contributed by atoms with Crippen LogP contribution in [0, 0.1) is 5.92 Å². The van der Waals surface area contributed by atoms with E-state index in [1.165, 1.54) is 12.0 Å². The Balaban J connectivity index is 1.85. The first kappa shape index (κ1) is 13.5. The van der Waals surface area contributed by atoms with Gasteiger partial charge in [-0.15, -0.1) is 0 Å². The normalized spacial score (nSPS) is 20.9. The standard InChI is InChI=1S/C15H22N2S/c1-11(2)9-14-10-16-15(18-14)17-12(3)13-7-5-4-6-8-13/h4-8,11-12,14H,9-10H2,1-3H3,(H,16,17). The summed E-state index contributed by atoms with van der Waals surface area (Å²) in [5.74, 6) is 0.753. The zero-order valence-corrected chi connectivity index (χ0v) is 12.2. The van der Waals surface area contributed by atoms with Crippen LogP contribution in [0.4, 0.5) is 0 Å². The lowest BCUT2D eigenvalue weighted by Gasteiger charge is -2.16. The molecule has 0 amide bonds. The van der Waals surface area contributed by atoms with Crippen molar-refractivity contribution in [3.05, 3.63) is 35.9 Å². The van der Waals surface area contributed by atoms with Crippen molar-refractivity contribution in [2.45, 2.75) is 38.5 Å². The minimum atomic E-state index is 0.329. The summed E-state index contributed by atoms with van der Waals surface area (Å²) < 4.78 is 0. The number of amidine groups is 1. The van der Waals surface area contributed by atoms with Gasteiger partial charge in [-0.2, -0.15) is 0 Å². The fourth-order valence-electron chi connectivity index (χ4n) is 2.16. The molecule has 0 aliphatic carbocycles. The van der Waals surface area contributed by atoms with Crippen LogP contribution in [-0.4, -0.2) is 17.0 Å². The topological polar surface area (TPSA) is 24.4 Å². The third-order valence-corrected chi connectivity index (χ3v) is 4.24. The highest BCUT2D eigenvalue weighted by Crippen LogP contribution is 2.26. The molecular weight excluding hydrogens is 240 g/mol. The summed E-state index contributed by atoms with van der Waals surface area (Å²) in [5.41, 5.74) is 1.31. The Bertz CT molecular complexity index is 400. The Morgan fingerprint density at radius 1 is 1.28 bits per heavy atom. The Morgan fingerprint density at radius 2 is 2.00 bits per heavy atom. The molecule has 0 fully saturated rings. The summed E-state index contributed by atoms with van der Waals surface area (Å²) in [6.07, 6.45) is 1.25. The summed E-state index contributed by atoms with van der Waals surface area (Å²) in [5, 5.41) is 5.28. The number of aliphatic imine (C=N–C) groups is 1. The summed E-state index contributed by atoms with van der Waals surface area (Å²) in [6, 6.07) is 10.9. The van der Waals surface area contributed by atoms with Gasteiger partial charge in [0.1, 0.15) is 0 Å². The second-order valence-corrected chi connectivity index (χ2v) is 6.58. The fourth-order valence-corrected chi connectivity index (χ4v) is 3.50. The van der Waals surface area contributed by atoms with Crippen LogP contribution in [0.3, 0.4) is 0 Å². The summed E-state index contributed by atoms with van der Waals surface area (Å²) >= 11 is 1.90. The van der Waals surface area contributed by atoms with Gasteiger partial charge in [-0.25, -0.2) is 0 Å². The monoisotopic (exact) mass is 262 g/mol. The van der Waals surface area contributed by atoms with Gasteiger partial charge in [0.2, 0.25) is 0 Å². The molecule has 0 radical (unpaired) electrons. The van der Waals surface area contributed by atoms with Crippen molar-refractivity contribution >= 4 is 16.9 Å². The summed E-state index contributed by atoms with van der Waals surface area (Å²) in [4.78, 5) is 4.60. The molecule has 1 aliphatic rings. The predicted molar refractivity (Wildman–Crippen MR) is 81.1 cm³/mol. The molecule has 0 saturated carbocycles. The fraction of sp³-hybridized carbons (Fsp3) is 0.533. The average molecular weight is 262 g/mol. The van der Waals surface area contributed by atoms with Crippen LogP contribution in [0.15, 0.2) is 35.3 Å². The maximum absolute atomic E-state index is 4.60. The van der Waals surface area contributed by atoms with Crippen molar-refractivity contribution in [1.82, 2.24) is 5.32 Å². The van der Waals surface area contributed by atoms with E-state index in [2.05, 4.69) is 61.4 Å². The second kappa shape index (κ2) is 6.28. The highest BCUT2D eigenvalue weighted by Gasteiger charge is 2.21. The zero-order chi connectivity index (χ0) is 13.0. The third-order valence-electron chi connectivity index (χ3n) is 3.09. The van der Waals surface area contributed by atoms with Gasteiger partial charge in [0, 0.05) is 5.25 Å². The van der Waals surface area contributed by atoms with Crippen LogP contribution < -0.4 is 5.32 Å². The third kappa shape index (κ3) is 3.77. The largest absolute Gasteiger partial charge is 0.358 e. The molecule has 0 aromatic heterocycles. The zero-order valence-electron chi connectivity index (χ0n) is 11.4. The van der Waals surface area contributed by atoms with E-state index in [4.69, 9.17) is 0 Å². The quantitative estimate of drug-likeness (QED) is 0.891. The van der Waals surface area contributed by atoms with E-state index in [9.17, 15) is 0 Å². The minimum absolute atomic E-state index is 0.329. The molecule has 2 nitrogen and oxygen atoms in total. The van der Waals surface area contributed by atoms with E-state index in [-0.39, 0.29) is 0 Å². The first-order valence-corrected chi connectivity index (χ1v) is 7.55. The van der Waals surface area contributed by atoms with E-state index in [0.717, 1.165) is 17.6 Å². The average Bonchev–Trinajstić information content (AvgIpc) is 2.76. The highest BCUT2D eigenvalue weighted by atomic mass is 32.2. The van der Waals surface area contributed by atoms with Gasteiger partial charge < -0.3 is 5.32 Å². The Kier molecular flexibility index (Phi) is 4.70. The molecule has 1 aromatic rings. The molecule has 1 aliphatic heterocycles. The van der Waals surface area contributed by atoms with Crippen molar-refractivity contribution in [2.75, 3.05) is 6.54 Å². The molecule has 98 valence electrons. The summed E-state index contributed by atoms with van der Waals surface area (Å²) in [6.45, 7) is 7.71. The highest BCUT2D eigenvalue weighted by molar-refractivity contribution is 8.14. The van der Waals surface area contributed by atoms with Gasteiger partial charge in [0.05, 0.1) is 12.6 Å². The van der Waals surface area contributed by atoms with Crippen LogP contribution in [-0.2, 0) is 0 Å². The van der Waals surface area contributed by atoms with Crippen molar-refractivity contribution in [2.24, 2.45) is 10.9 Å². The van der Waals surface area contributed by atoms with E-state index in [0.29, 0.717) is 11.3 Å². The SMILES string of the molecule is CC(C)CC1CN=C(NC(C)c2ccccc2)S1. The van der Waals surface area contributed by atoms with E-state index in [1.807, 2.05) is 11.8 Å². The predicted octanol–water partition coefficient (Wildman–Crippen LogP) is 3.85. The van der Waals surface area contributed by atoms with E-state index >= 15 is 0 Å². The molecule has 2 unspecified atom stereocenters. The van der Waals surface area contributed by atoms with Gasteiger partial charge in [-0.05, 0) is 24.8 Å². The lowest BCUT2D eigenvalue weighted by molar-refractivity contribution is 0.575. The Hall–Kier alpha value is -0.960. The number of benzene rings is 1. The van der Waals surface area contributed by atoms with Crippen LogP contribution in [0.1, 0.15) is 38.8 Å². The molecule has 0 bridgehead atoms. The Labute approximate surface area is 114 Å². The van der Waals surface area contributed by atoms with Gasteiger partial charge in [0.15, 0.2) is 5.17 Å². The number of rotatable bonds is 4. The number of thioether (sulfide) groups is 1. The van der Waals surface area contributed by atoms with Crippen molar-refractivity contribution < 1.29 is 0 Å². The number of nitrogens with one attached hydrogen (secondary N) is 1. The van der Waals surface area contributed by atoms with Crippen LogP contribution in [0.5, 0.6) is 0 Å². The first-order chi connectivity index (χ1) is 8.65. The molecule has 1 N–H and O–H groups in total. The molecule has 1 heterocycles. The number of hydrogen-bond acceptors (Lipinski definition) is 3. The maximum atomic E-state index is 4.60. The Morgan fingerprint density at radius 3 is 2.67 bits per heavy atom. The molecule has 2 rings (SSSR count). The van der Waals surface area contributed by atoms with E-state index < -0.39 is 0 Å². The molecule has 18 heavy (non-hydrogen) atoms. The lowest BCUT2D eigenvalue weighted by Crippen LogP contribution is -2.23. The van der Waals surface area contributed by atoms with Gasteiger partial charge in [-0.1, -0.05) is 55.9 Å². The number of hydrogen-bond donors (Lipinski definition) is 1.